The number of nitrogens with zero attached hydrogens (tertiary/aromatic N) is 2. The van der Waals surface area contributed by atoms with Gasteiger partial charge in [0.25, 0.3) is 0 Å². The monoisotopic (exact) mass is 404 g/mol. The predicted octanol–water partition coefficient (Wildman–Crippen LogP) is 5.14. The minimum absolute atomic E-state index is 0.0462. The lowest BCUT2D eigenvalue weighted by molar-refractivity contribution is -0.137. The number of amides is 1. The van der Waals surface area contributed by atoms with Crippen LogP contribution in [0.4, 0.5) is 0 Å². The molecule has 2 aromatic rings. The Kier molecular flexibility index (Phi) is 4.81. The minimum Gasteiger partial charge on any atom is -0.342 e. The topological polar surface area (TPSA) is 42.3 Å². The Balaban J connectivity index is 1.41. The standard InChI is InChI=1S/C21H22Cl2N2O2/c1-21(7-8-21)20(27)24-9-4-14(5-10-24)19(26)25-11-6-16(13-25)15-2-3-17(22)18(23)12-15/h2-3,6,11-14H,4-5,7-10H2,1H3. The van der Waals surface area contributed by atoms with Crippen LogP contribution < -0.4 is 0 Å². The lowest BCUT2D eigenvalue weighted by atomic mass is 9.94. The molecule has 1 saturated carbocycles. The maximum Gasteiger partial charge on any atom is 0.233 e. The largest absolute Gasteiger partial charge is 0.342 e. The summed E-state index contributed by atoms with van der Waals surface area (Å²) in [6, 6.07) is 7.35. The molecule has 0 N–H and O–H groups in total. The summed E-state index contributed by atoms with van der Waals surface area (Å²) in [7, 11) is 0. The zero-order chi connectivity index (χ0) is 19.2. The van der Waals surface area contributed by atoms with Crippen LogP contribution in [0, 0.1) is 11.3 Å². The fourth-order valence-electron chi connectivity index (χ4n) is 3.70. The summed E-state index contributed by atoms with van der Waals surface area (Å²) in [4.78, 5) is 27.3. The van der Waals surface area contributed by atoms with Gasteiger partial charge in [-0.2, -0.15) is 0 Å². The highest BCUT2D eigenvalue weighted by atomic mass is 35.5. The summed E-state index contributed by atoms with van der Waals surface area (Å²) in [6.07, 6.45) is 7.06. The van der Waals surface area contributed by atoms with Crippen LogP contribution in [0.25, 0.3) is 11.1 Å². The summed E-state index contributed by atoms with van der Waals surface area (Å²) in [6.45, 7) is 3.38. The van der Waals surface area contributed by atoms with Gasteiger partial charge in [0.1, 0.15) is 0 Å². The summed E-state index contributed by atoms with van der Waals surface area (Å²) in [5, 5.41) is 1.01. The van der Waals surface area contributed by atoms with E-state index in [9.17, 15) is 9.59 Å². The number of benzene rings is 1. The molecule has 27 heavy (non-hydrogen) atoms. The molecule has 0 unspecified atom stereocenters. The SMILES string of the molecule is CC1(C(=O)N2CCC(C(=O)n3ccc(-c4ccc(Cl)c(Cl)c4)c3)CC2)CC1. The van der Waals surface area contributed by atoms with Crippen molar-refractivity contribution in [1.29, 1.82) is 0 Å². The van der Waals surface area contributed by atoms with Crippen molar-refractivity contribution in [1.82, 2.24) is 9.47 Å². The predicted molar refractivity (Wildman–Crippen MR) is 107 cm³/mol. The van der Waals surface area contributed by atoms with E-state index in [1.807, 2.05) is 30.2 Å². The van der Waals surface area contributed by atoms with Crippen molar-refractivity contribution in [2.45, 2.75) is 32.6 Å². The first-order valence-corrected chi connectivity index (χ1v) is 10.1. The van der Waals surface area contributed by atoms with Gasteiger partial charge in [0, 0.05) is 36.8 Å². The third-order valence-corrected chi connectivity index (χ3v) is 6.59. The van der Waals surface area contributed by atoms with E-state index in [1.54, 1.807) is 22.9 Å². The van der Waals surface area contributed by atoms with Gasteiger partial charge in [0.15, 0.2) is 0 Å². The Bertz CT molecular complexity index is 893. The Morgan fingerprint density at radius 1 is 1.04 bits per heavy atom. The summed E-state index contributed by atoms with van der Waals surface area (Å²) < 4.78 is 1.65. The summed E-state index contributed by atoms with van der Waals surface area (Å²) in [5.41, 5.74) is 1.72. The molecule has 1 aromatic carbocycles. The first kappa shape index (κ1) is 18.6. The smallest absolute Gasteiger partial charge is 0.233 e. The summed E-state index contributed by atoms with van der Waals surface area (Å²) >= 11 is 12.1. The molecule has 1 aliphatic carbocycles. The molecule has 6 heteroatoms. The third kappa shape index (κ3) is 3.65. The van der Waals surface area contributed by atoms with Crippen LogP contribution >= 0.6 is 23.2 Å². The quantitative estimate of drug-likeness (QED) is 0.710. The van der Waals surface area contributed by atoms with Gasteiger partial charge in [-0.1, -0.05) is 36.2 Å². The van der Waals surface area contributed by atoms with Crippen molar-refractivity contribution < 1.29 is 9.59 Å². The Hall–Kier alpha value is -1.78. The number of halogens is 2. The van der Waals surface area contributed by atoms with E-state index >= 15 is 0 Å². The highest BCUT2D eigenvalue weighted by Gasteiger charge is 2.47. The highest BCUT2D eigenvalue weighted by molar-refractivity contribution is 6.42. The van der Waals surface area contributed by atoms with Crippen molar-refractivity contribution in [2.75, 3.05) is 13.1 Å². The molecule has 0 radical (unpaired) electrons. The van der Waals surface area contributed by atoms with Gasteiger partial charge >= 0.3 is 0 Å². The second kappa shape index (κ2) is 6.99. The van der Waals surface area contributed by atoms with Crippen LogP contribution in [0.2, 0.25) is 10.0 Å². The highest BCUT2D eigenvalue weighted by Crippen LogP contribution is 2.47. The minimum atomic E-state index is -0.133. The van der Waals surface area contributed by atoms with E-state index in [0.717, 1.165) is 36.8 Å². The first-order chi connectivity index (χ1) is 12.9. The average Bonchev–Trinajstić information content (AvgIpc) is 3.24. The number of aromatic nitrogens is 1. The molecule has 4 rings (SSSR count). The fraction of sp³-hybridized carbons (Fsp3) is 0.429. The second-order valence-corrected chi connectivity index (χ2v) is 8.72. The molecule has 0 bridgehead atoms. The molecule has 142 valence electrons. The number of rotatable bonds is 3. The number of hydrogen-bond acceptors (Lipinski definition) is 2. The van der Waals surface area contributed by atoms with Gasteiger partial charge in [-0.25, -0.2) is 0 Å². The van der Waals surface area contributed by atoms with E-state index in [2.05, 4.69) is 0 Å². The van der Waals surface area contributed by atoms with Crippen molar-refractivity contribution >= 4 is 35.0 Å². The fourth-order valence-corrected chi connectivity index (χ4v) is 4.00. The summed E-state index contributed by atoms with van der Waals surface area (Å²) in [5.74, 6) is 0.303. The number of hydrogen-bond donors (Lipinski definition) is 0. The maximum absolute atomic E-state index is 12.9. The van der Waals surface area contributed by atoms with Crippen LogP contribution in [-0.2, 0) is 4.79 Å². The van der Waals surface area contributed by atoms with E-state index in [4.69, 9.17) is 23.2 Å². The van der Waals surface area contributed by atoms with E-state index in [-0.39, 0.29) is 23.1 Å². The van der Waals surface area contributed by atoms with Crippen molar-refractivity contribution in [3.05, 3.63) is 46.7 Å². The lowest BCUT2D eigenvalue weighted by Gasteiger charge is -2.33. The molecule has 1 saturated heterocycles. The molecule has 2 fully saturated rings. The molecule has 0 atom stereocenters. The first-order valence-electron chi connectivity index (χ1n) is 9.34. The van der Waals surface area contributed by atoms with E-state index < -0.39 is 0 Å². The third-order valence-electron chi connectivity index (χ3n) is 5.85. The average molecular weight is 405 g/mol. The second-order valence-electron chi connectivity index (χ2n) is 7.90. The maximum atomic E-state index is 12.9. The van der Waals surface area contributed by atoms with Gasteiger partial charge in [0.05, 0.1) is 10.0 Å². The van der Waals surface area contributed by atoms with Gasteiger partial charge in [0.2, 0.25) is 11.8 Å². The van der Waals surface area contributed by atoms with Gasteiger partial charge in [-0.05, 0) is 55.0 Å². The molecule has 2 aliphatic rings. The van der Waals surface area contributed by atoms with E-state index in [1.165, 1.54) is 0 Å². The van der Waals surface area contributed by atoms with Crippen molar-refractivity contribution in [3.63, 3.8) is 0 Å². The van der Waals surface area contributed by atoms with Gasteiger partial charge in [-0.3, -0.25) is 14.2 Å². The number of piperidine rings is 1. The van der Waals surface area contributed by atoms with Crippen LogP contribution in [0.5, 0.6) is 0 Å². The zero-order valence-electron chi connectivity index (χ0n) is 15.3. The van der Waals surface area contributed by atoms with Crippen molar-refractivity contribution in [2.24, 2.45) is 11.3 Å². The van der Waals surface area contributed by atoms with Crippen LogP contribution in [0.3, 0.4) is 0 Å². The molecule has 1 amide bonds. The van der Waals surface area contributed by atoms with Crippen LogP contribution in [0.1, 0.15) is 37.4 Å². The Labute approximate surface area is 169 Å². The Morgan fingerprint density at radius 3 is 2.37 bits per heavy atom. The number of carbonyl (C=O) groups is 2. The molecular formula is C21H22Cl2N2O2. The van der Waals surface area contributed by atoms with Crippen molar-refractivity contribution in [3.8, 4) is 11.1 Å². The zero-order valence-corrected chi connectivity index (χ0v) is 16.8. The number of likely N-dealkylation sites (tertiary alicyclic amines) is 1. The molecule has 1 aliphatic heterocycles. The van der Waals surface area contributed by atoms with Gasteiger partial charge in [-0.15, -0.1) is 0 Å². The van der Waals surface area contributed by atoms with E-state index in [0.29, 0.717) is 23.1 Å². The molecule has 2 heterocycles. The normalized spacial score (nSPS) is 19.1. The number of carbonyl (C=O) groups excluding carboxylic acids is 2. The molecule has 1 aromatic heterocycles. The molecular weight excluding hydrogens is 383 g/mol. The van der Waals surface area contributed by atoms with Crippen LogP contribution in [-0.4, -0.2) is 34.4 Å². The molecule has 0 spiro atoms. The molecule has 4 nitrogen and oxygen atoms in total. The van der Waals surface area contributed by atoms with Gasteiger partial charge < -0.3 is 4.90 Å². The Morgan fingerprint density at radius 2 is 1.74 bits per heavy atom. The van der Waals surface area contributed by atoms with Crippen LogP contribution in [0.15, 0.2) is 36.7 Å². The lowest BCUT2D eigenvalue weighted by Crippen LogP contribution is -2.43.